The fraction of sp³-hybridized carbons (Fsp3) is 0.300. The number of para-hydroxylation sites is 2. The Hall–Kier alpha value is -2.31. The Morgan fingerprint density at radius 1 is 1.27 bits per heavy atom. The van der Waals surface area contributed by atoms with Gasteiger partial charge >= 0.3 is 0 Å². The van der Waals surface area contributed by atoms with Gasteiger partial charge in [-0.1, -0.05) is 36.0 Å². The van der Waals surface area contributed by atoms with Gasteiger partial charge in [0.05, 0.1) is 23.4 Å². The van der Waals surface area contributed by atoms with Crippen LogP contribution in [-0.4, -0.2) is 41.0 Å². The Balaban J connectivity index is 1.86. The summed E-state index contributed by atoms with van der Waals surface area (Å²) in [4.78, 5) is 16.9. The van der Waals surface area contributed by atoms with E-state index in [0.29, 0.717) is 12.4 Å². The third-order valence-electron chi connectivity index (χ3n) is 3.95. The minimum atomic E-state index is -0.0256. The van der Waals surface area contributed by atoms with E-state index in [4.69, 9.17) is 9.72 Å². The third-order valence-corrected chi connectivity index (χ3v) is 4.88. The van der Waals surface area contributed by atoms with Crippen molar-refractivity contribution in [2.45, 2.75) is 25.0 Å². The number of carbonyl (C=O) groups excluding carboxylic acids is 1. The molecule has 0 radical (unpaired) electrons. The van der Waals surface area contributed by atoms with Gasteiger partial charge in [-0.05, 0) is 43.7 Å². The van der Waals surface area contributed by atoms with Crippen molar-refractivity contribution in [1.82, 2.24) is 14.9 Å². The fourth-order valence-corrected chi connectivity index (χ4v) is 3.69. The molecule has 1 heterocycles. The number of rotatable bonds is 7. The topological polar surface area (TPSA) is 56.1 Å². The number of methoxy groups -OCH3 is 1. The zero-order chi connectivity index (χ0) is 18.5. The van der Waals surface area contributed by atoms with Crippen molar-refractivity contribution in [2.75, 3.05) is 19.5 Å². The lowest BCUT2D eigenvalue weighted by Gasteiger charge is -2.13. The minimum Gasteiger partial charge on any atom is -0.383 e. The maximum absolute atomic E-state index is 12.2. The van der Waals surface area contributed by atoms with Gasteiger partial charge in [-0.25, -0.2) is 4.98 Å². The number of thioether (sulfide) groups is 1. The first-order valence-electron chi connectivity index (χ1n) is 8.54. The molecular weight excluding hydrogens is 346 g/mol. The van der Waals surface area contributed by atoms with Crippen LogP contribution in [0.2, 0.25) is 0 Å². The van der Waals surface area contributed by atoms with E-state index < -0.39 is 0 Å². The maximum atomic E-state index is 12.2. The molecule has 0 saturated heterocycles. The van der Waals surface area contributed by atoms with Crippen LogP contribution >= 0.6 is 11.8 Å². The first kappa shape index (κ1) is 18.5. The molecule has 3 rings (SSSR count). The number of fused-ring (bicyclic) bond motifs is 1. The van der Waals surface area contributed by atoms with E-state index >= 15 is 0 Å². The van der Waals surface area contributed by atoms with Crippen molar-refractivity contribution in [1.29, 1.82) is 0 Å². The lowest BCUT2D eigenvalue weighted by atomic mass is 10.2. The summed E-state index contributed by atoms with van der Waals surface area (Å²) in [6.45, 7) is 4.49. The second-order valence-electron chi connectivity index (χ2n) is 6.27. The fourth-order valence-electron chi connectivity index (χ4n) is 2.86. The highest BCUT2D eigenvalue weighted by Gasteiger charge is 2.15. The smallest absolute Gasteiger partial charge is 0.230 e. The SMILES string of the molecule is COCC(C)NC(=O)CSc1nc2ccccc2n1-c1cccc(C)c1. The Bertz CT molecular complexity index is 907. The average molecular weight is 369 g/mol. The number of ether oxygens (including phenoxy) is 1. The van der Waals surface area contributed by atoms with E-state index in [1.807, 2.05) is 31.2 Å². The van der Waals surface area contributed by atoms with Crippen molar-refractivity contribution in [3.63, 3.8) is 0 Å². The number of hydrogen-bond acceptors (Lipinski definition) is 4. The summed E-state index contributed by atoms with van der Waals surface area (Å²) < 4.78 is 7.17. The van der Waals surface area contributed by atoms with E-state index in [-0.39, 0.29) is 11.9 Å². The van der Waals surface area contributed by atoms with Gasteiger partial charge in [-0.2, -0.15) is 0 Å². The molecule has 1 unspecified atom stereocenters. The number of nitrogens with zero attached hydrogens (tertiary/aromatic N) is 2. The van der Waals surface area contributed by atoms with Gasteiger partial charge in [0.15, 0.2) is 5.16 Å². The van der Waals surface area contributed by atoms with Crippen LogP contribution < -0.4 is 5.32 Å². The Morgan fingerprint density at radius 3 is 2.85 bits per heavy atom. The molecule has 0 aliphatic carbocycles. The summed E-state index contributed by atoms with van der Waals surface area (Å²) in [6.07, 6.45) is 0. The number of benzene rings is 2. The number of amides is 1. The molecule has 0 bridgehead atoms. The zero-order valence-corrected chi connectivity index (χ0v) is 16.0. The second-order valence-corrected chi connectivity index (χ2v) is 7.21. The van der Waals surface area contributed by atoms with Crippen LogP contribution in [0.1, 0.15) is 12.5 Å². The van der Waals surface area contributed by atoms with Gasteiger partial charge in [-0.3, -0.25) is 9.36 Å². The van der Waals surface area contributed by atoms with Crippen molar-refractivity contribution >= 4 is 28.7 Å². The summed E-state index contributed by atoms with van der Waals surface area (Å²) in [5.41, 5.74) is 4.19. The quantitative estimate of drug-likeness (QED) is 0.647. The predicted octanol–water partition coefficient (Wildman–Crippen LogP) is 3.58. The molecule has 6 heteroatoms. The van der Waals surface area contributed by atoms with Gasteiger partial charge in [-0.15, -0.1) is 0 Å². The summed E-state index contributed by atoms with van der Waals surface area (Å²) >= 11 is 1.44. The molecule has 0 fully saturated rings. The van der Waals surface area contributed by atoms with Crippen LogP contribution in [0.25, 0.3) is 16.7 Å². The van der Waals surface area contributed by atoms with E-state index in [1.165, 1.54) is 17.3 Å². The van der Waals surface area contributed by atoms with Crippen LogP contribution in [0.3, 0.4) is 0 Å². The van der Waals surface area contributed by atoms with Crippen LogP contribution in [0.15, 0.2) is 53.7 Å². The van der Waals surface area contributed by atoms with Crippen LogP contribution in [0.4, 0.5) is 0 Å². The number of aryl methyl sites for hydroxylation is 1. The summed E-state index contributed by atoms with van der Waals surface area (Å²) in [5.74, 6) is 0.283. The van der Waals surface area contributed by atoms with Crippen molar-refractivity contribution in [2.24, 2.45) is 0 Å². The first-order valence-corrected chi connectivity index (χ1v) is 9.52. The molecule has 0 spiro atoms. The molecule has 5 nitrogen and oxygen atoms in total. The molecular formula is C20H23N3O2S. The number of carbonyl (C=O) groups is 1. The van der Waals surface area contributed by atoms with Crippen molar-refractivity contribution < 1.29 is 9.53 Å². The normalized spacial score (nSPS) is 12.3. The molecule has 26 heavy (non-hydrogen) atoms. The van der Waals surface area contributed by atoms with Gasteiger partial charge in [0.1, 0.15) is 0 Å². The second kappa shape index (κ2) is 8.38. The first-order chi connectivity index (χ1) is 12.6. The minimum absolute atomic E-state index is 0.0105. The maximum Gasteiger partial charge on any atom is 0.230 e. The standard InChI is InChI=1S/C20H23N3O2S/c1-14-7-6-8-16(11-14)23-18-10-5-4-9-17(18)22-20(23)26-13-19(24)21-15(2)12-25-3/h4-11,15H,12-13H2,1-3H3,(H,21,24). The van der Waals surface area contributed by atoms with Crippen LogP contribution in [0.5, 0.6) is 0 Å². The third kappa shape index (κ3) is 4.26. The zero-order valence-electron chi connectivity index (χ0n) is 15.2. The Labute approximate surface area is 157 Å². The van der Waals surface area contributed by atoms with E-state index in [2.05, 4.69) is 41.1 Å². The molecule has 0 saturated carbocycles. The number of nitrogens with one attached hydrogen (secondary N) is 1. The summed E-state index contributed by atoms with van der Waals surface area (Å²) in [5, 5.41) is 3.74. The lowest BCUT2D eigenvalue weighted by molar-refractivity contribution is -0.119. The largest absolute Gasteiger partial charge is 0.383 e. The number of hydrogen-bond donors (Lipinski definition) is 1. The van der Waals surface area contributed by atoms with Gasteiger partial charge in [0, 0.05) is 18.8 Å². The van der Waals surface area contributed by atoms with Crippen molar-refractivity contribution in [3.05, 3.63) is 54.1 Å². The molecule has 1 amide bonds. The molecule has 1 N–H and O–H groups in total. The summed E-state index contributed by atoms with van der Waals surface area (Å²) in [6, 6.07) is 16.3. The van der Waals surface area contributed by atoms with E-state index in [9.17, 15) is 4.79 Å². The lowest BCUT2D eigenvalue weighted by Crippen LogP contribution is -2.36. The monoisotopic (exact) mass is 369 g/mol. The molecule has 2 aromatic carbocycles. The highest BCUT2D eigenvalue weighted by molar-refractivity contribution is 7.99. The average Bonchev–Trinajstić information content (AvgIpc) is 2.98. The van der Waals surface area contributed by atoms with Crippen molar-refractivity contribution in [3.8, 4) is 5.69 Å². The Morgan fingerprint density at radius 2 is 2.08 bits per heavy atom. The molecule has 0 aliphatic rings. The molecule has 3 aromatic rings. The van der Waals surface area contributed by atoms with Crippen LogP contribution in [-0.2, 0) is 9.53 Å². The highest BCUT2D eigenvalue weighted by atomic mass is 32.2. The van der Waals surface area contributed by atoms with Gasteiger partial charge < -0.3 is 10.1 Å². The van der Waals surface area contributed by atoms with E-state index in [1.54, 1.807) is 7.11 Å². The summed E-state index contributed by atoms with van der Waals surface area (Å²) in [7, 11) is 1.63. The highest BCUT2D eigenvalue weighted by Crippen LogP contribution is 2.28. The van der Waals surface area contributed by atoms with E-state index in [0.717, 1.165) is 21.9 Å². The number of imidazole rings is 1. The van der Waals surface area contributed by atoms with Gasteiger partial charge in [0.25, 0.3) is 0 Å². The Kier molecular flexibility index (Phi) is 5.96. The van der Waals surface area contributed by atoms with Crippen LogP contribution in [0, 0.1) is 6.92 Å². The molecule has 1 aromatic heterocycles. The molecule has 136 valence electrons. The number of aromatic nitrogens is 2. The molecule has 0 aliphatic heterocycles. The molecule has 1 atom stereocenters. The van der Waals surface area contributed by atoms with Gasteiger partial charge in [0.2, 0.25) is 5.91 Å². The predicted molar refractivity (Wildman–Crippen MR) is 106 cm³/mol.